The van der Waals surface area contributed by atoms with E-state index in [4.69, 9.17) is 10.2 Å². The van der Waals surface area contributed by atoms with Crippen molar-refractivity contribution in [3.8, 4) is 0 Å². The highest BCUT2D eigenvalue weighted by molar-refractivity contribution is 9.10. The first kappa shape index (κ1) is 15.0. The molecule has 0 spiro atoms. The number of hydrogen-bond donors (Lipinski definition) is 2. The number of carboxylic acid groups (broad SMARTS) is 2. The molecule has 98 valence electrons. The summed E-state index contributed by atoms with van der Waals surface area (Å²) in [5, 5.41) is 17.5. The van der Waals surface area contributed by atoms with Gasteiger partial charge in [0.2, 0.25) is 0 Å². The zero-order valence-electron chi connectivity index (χ0n) is 9.72. The van der Waals surface area contributed by atoms with Gasteiger partial charge >= 0.3 is 11.9 Å². The fourth-order valence-corrected chi connectivity index (χ4v) is 2.93. The standard InChI is InChI=1S/C12H13BrO4S/c1-2-3-10(12(16)17)18-7-4-5-9(13)8(6-7)11(14)15/h4-6,10H,2-3H2,1H3,(H,14,15)(H,16,17). The number of benzene rings is 1. The highest BCUT2D eigenvalue weighted by atomic mass is 79.9. The minimum Gasteiger partial charge on any atom is -0.480 e. The third kappa shape index (κ3) is 4.03. The number of rotatable bonds is 6. The van der Waals surface area contributed by atoms with E-state index in [2.05, 4.69) is 15.9 Å². The van der Waals surface area contributed by atoms with Crippen molar-refractivity contribution in [2.75, 3.05) is 0 Å². The molecule has 1 aromatic rings. The van der Waals surface area contributed by atoms with Gasteiger partial charge in [-0.25, -0.2) is 4.79 Å². The van der Waals surface area contributed by atoms with E-state index in [1.807, 2.05) is 6.92 Å². The molecular formula is C12H13BrO4S. The molecule has 6 heteroatoms. The Bertz CT molecular complexity index is 461. The van der Waals surface area contributed by atoms with Crippen LogP contribution >= 0.6 is 27.7 Å². The highest BCUT2D eigenvalue weighted by Crippen LogP contribution is 2.30. The summed E-state index contributed by atoms with van der Waals surface area (Å²) >= 11 is 4.33. The average Bonchev–Trinajstić information content (AvgIpc) is 2.30. The Hall–Kier alpha value is -1.01. The van der Waals surface area contributed by atoms with Gasteiger partial charge in [0.25, 0.3) is 0 Å². The summed E-state index contributed by atoms with van der Waals surface area (Å²) in [6.07, 6.45) is 1.32. The highest BCUT2D eigenvalue weighted by Gasteiger charge is 2.19. The summed E-state index contributed by atoms with van der Waals surface area (Å²) in [7, 11) is 0. The second-order valence-corrected chi connectivity index (χ2v) is 5.81. The third-order valence-electron chi connectivity index (χ3n) is 2.27. The van der Waals surface area contributed by atoms with Gasteiger partial charge in [0.05, 0.1) is 5.56 Å². The molecule has 0 heterocycles. The molecule has 0 aliphatic heterocycles. The molecule has 0 saturated carbocycles. The van der Waals surface area contributed by atoms with Crippen LogP contribution in [0.5, 0.6) is 0 Å². The number of aromatic carboxylic acids is 1. The van der Waals surface area contributed by atoms with Crippen LogP contribution in [0.15, 0.2) is 27.6 Å². The van der Waals surface area contributed by atoms with Gasteiger partial charge in [-0.1, -0.05) is 13.3 Å². The van der Waals surface area contributed by atoms with Crippen LogP contribution in [0.2, 0.25) is 0 Å². The third-order valence-corrected chi connectivity index (χ3v) is 4.21. The number of hydrogen-bond acceptors (Lipinski definition) is 3. The molecule has 0 aromatic heterocycles. The van der Waals surface area contributed by atoms with E-state index in [1.165, 1.54) is 17.8 Å². The van der Waals surface area contributed by atoms with E-state index < -0.39 is 17.2 Å². The Balaban J connectivity index is 2.93. The molecule has 0 aliphatic rings. The fraction of sp³-hybridized carbons (Fsp3) is 0.333. The van der Waals surface area contributed by atoms with Gasteiger partial charge in [-0.05, 0) is 40.5 Å². The molecule has 18 heavy (non-hydrogen) atoms. The van der Waals surface area contributed by atoms with Crippen molar-refractivity contribution < 1.29 is 19.8 Å². The Morgan fingerprint density at radius 2 is 2.06 bits per heavy atom. The maximum Gasteiger partial charge on any atom is 0.336 e. The summed E-state index contributed by atoms with van der Waals surface area (Å²) in [5.74, 6) is -1.91. The molecule has 0 aliphatic carbocycles. The average molecular weight is 333 g/mol. The van der Waals surface area contributed by atoms with E-state index in [-0.39, 0.29) is 5.56 Å². The van der Waals surface area contributed by atoms with Crippen molar-refractivity contribution >= 4 is 39.6 Å². The number of carbonyl (C=O) groups is 2. The summed E-state index contributed by atoms with van der Waals surface area (Å²) in [4.78, 5) is 22.6. The first-order chi connectivity index (χ1) is 8.45. The molecule has 0 amide bonds. The fourth-order valence-electron chi connectivity index (χ4n) is 1.40. The second-order valence-electron chi connectivity index (χ2n) is 3.68. The zero-order chi connectivity index (χ0) is 13.7. The molecule has 1 aromatic carbocycles. The van der Waals surface area contributed by atoms with Crippen molar-refractivity contribution in [3.63, 3.8) is 0 Å². The van der Waals surface area contributed by atoms with Gasteiger partial charge in [-0.15, -0.1) is 11.8 Å². The number of carboxylic acids is 2. The topological polar surface area (TPSA) is 74.6 Å². The predicted octanol–water partition coefficient (Wildman–Crippen LogP) is 3.49. The predicted molar refractivity (Wildman–Crippen MR) is 73.3 cm³/mol. The van der Waals surface area contributed by atoms with Gasteiger partial charge in [0.1, 0.15) is 5.25 Å². The quantitative estimate of drug-likeness (QED) is 0.780. The molecule has 1 rings (SSSR count). The van der Waals surface area contributed by atoms with Crippen molar-refractivity contribution in [1.29, 1.82) is 0 Å². The Morgan fingerprint density at radius 3 is 2.56 bits per heavy atom. The molecule has 4 nitrogen and oxygen atoms in total. The van der Waals surface area contributed by atoms with E-state index in [1.54, 1.807) is 12.1 Å². The SMILES string of the molecule is CCCC(Sc1ccc(Br)c(C(=O)O)c1)C(=O)O. The largest absolute Gasteiger partial charge is 0.480 e. The molecule has 2 N–H and O–H groups in total. The first-order valence-electron chi connectivity index (χ1n) is 5.38. The van der Waals surface area contributed by atoms with Crippen LogP contribution in [0.3, 0.4) is 0 Å². The molecule has 1 unspecified atom stereocenters. The zero-order valence-corrected chi connectivity index (χ0v) is 12.1. The Morgan fingerprint density at radius 1 is 1.39 bits per heavy atom. The van der Waals surface area contributed by atoms with Crippen molar-refractivity contribution in [3.05, 3.63) is 28.2 Å². The van der Waals surface area contributed by atoms with Crippen LogP contribution in [0, 0.1) is 0 Å². The van der Waals surface area contributed by atoms with Crippen LogP contribution in [0.1, 0.15) is 30.1 Å². The van der Waals surface area contributed by atoms with Crippen molar-refractivity contribution in [2.45, 2.75) is 29.9 Å². The molecule has 0 radical (unpaired) electrons. The van der Waals surface area contributed by atoms with E-state index >= 15 is 0 Å². The normalized spacial score (nSPS) is 12.1. The molecule has 1 atom stereocenters. The van der Waals surface area contributed by atoms with Crippen LogP contribution in [0.25, 0.3) is 0 Å². The van der Waals surface area contributed by atoms with E-state index in [9.17, 15) is 9.59 Å². The lowest BCUT2D eigenvalue weighted by atomic mass is 10.2. The van der Waals surface area contributed by atoms with Gasteiger partial charge in [-0.2, -0.15) is 0 Å². The lowest BCUT2D eigenvalue weighted by Crippen LogP contribution is -2.15. The minimum absolute atomic E-state index is 0.139. The van der Waals surface area contributed by atoms with Crippen LogP contribution in [-0.2, 0) is 4.79 Å². The monoisotopic (exact) mass is 332 g/mol. The van der Waals surface area contributed by atoms with Crippen LogP contribution < -0.4 is 0 Å². The lowest BCUT2D eigenvalue weighted by molar-refractivity contribution is -0.136. The molecule has 0 fully saturated rings. The van der Waals surface area contributed by atoms with Crippen LogP contribution in [0.4, 0.5) is 0 Å². The van der Waals surface area contributed by atoms with Crippen LogP contribution in [-0.4, -0.2) is 27.4 Å². The minimum atomic E-state index is -1.04. The summed E-state index contributed by atoms with van der Waals surface area (Å²) < 4.78 is 0.488. The lowest BCUT2D eigenvalue weighted by Gasteiger charge is -2.11. The summed E-state index contributed by atoms with van der Waals surface area (Å²) in [6.45, 7) is 1.92. The molecule has 0 bridgehead atoms. The molecular weight excluding hydrogens is 320 g/mol. The van der Waals surface area contributed by atoms with Gasteiger partial charge in [-0.3, -0.25) is 4.79 Å². The number of aliphatic carboxylic acids is 1. The van der Waals surface area contributed by atoms with Gasteiger partial charge < -0.3 is 10.2 Å². The maximum absolute atomic E-state index is 11.0. The second kappa shape index (κ2) is 6.80. The van der Waals surface area contributed by atoms with Crippen molar-refractivity contribution in [2.24, 2.45) is 0 Å². The summed E-state index contributed by atoms with van der Waals surface area (Å²) in [6, 6.07) is 4.83. The smallest absolute Gasteiger partial charge is 0.336 e. The Labute approximate surface area is 118 Å². The van der Waals surface area contributed by atoms with Crippen molar-refractivity contribution in [1.82, 2.24) is 0 Å². The summed E-state index contributed by atoms with van der Waals surface area (Å²) in [5.41, 5.74) is 0.139. The number of thioether (sulfide) groups is 1. The van der Waals surface area contributed by atoms with Gasteiger partial charge in [0.15, 0.2) is 0 Å². The van der Waals surface area contributed by atoms with Gasteiger partial charge in [0, 0.05) is 9.37 Å². The maximum atomic E-state index is 11.0. The van der Waals surface area contributed by atoms with E-state index in [0.717, 1.165) is 6.42 Å². The first-order valence-corrected chi connectivity index (χ1v) is 7.05. The van der Waals surface area contributed by atoms with E-state index in [0.29, 0.717) is 15.8 Å². The Kier molecular flexibility index (Phi) is 5.68. The molecule has 0 saturated heterocycles. The number of halogens is 1.